The Balaban J connectivity index is 2.05. The van der Waals surface area contributed by atoms with Gasteiger partial charge in [-0.15, -0.1) is 0 Å². The van der Waals surface area contributed by atoms with Gasteiger partial charge in [0.15, 0.2) is 6.61 Å². The maximum Gasteiger partial charge on any atom is 0.341 e. The molecule has 0 unspecified atom stereocenters. The number of anilines is 1. The lowest BCUT2D eigenvalue weighted by molar-refractivity contribution is -0.139. The van der Waals surface area contributed by atoms with E-state index in [0.29, 0.717) is 11.7 Å². The molecule has 0 aliphatic heterocycles. The van der Waals surface area contributed by atoms with E-state index in [1.165, 1.54) is 12.8 Å². The summed E-state index contributed by atoms with van der Waals surface area (Å²) in [7, 11) is 1.78. The number of aliphatic carboxylic acids is 1. The highest BCUT2D eigenvalue weighted by Gasteiger charge is 2.39. The van der Waals surface area contributed by atoms with Crippen molar-refractivity contribution in [1.82, 2.24) is 0 Å². The highest BCUT2D eigenvalue weighted by molar-refractivity contribution is 5.96. The number of carboxylic acid groups (broad SMARTS) is 1. The van der Waals surface area contributed by atoms with E-state index in [1.54, 1.807) is 36.2 Å². The first-order valence-corrected chi connectivity index (χ1v) is 8.05. The fourth-order valence-electron chi connectivity index (χ4n) is 3.28. The maximum absolute atomic E-state index is 12.9. The molecule has 2 rings (SSSR count). The Bertz CT molecular complexity index is 559. The lowest BCUT2D eigenvalue weighted by atomic mass is 9.76. The summed E-state index contributed by atoms with van der Waals surface area (Å²) in [6.45, 7) is 3.70. The van der Waals surface area contributed by atoms with E-state index in [9.17, 15) is 9.59 Å². The van der Waals surface area contributed by atoms with Gasteiger partial charge in [-0.2, -0.15) is 0 Å². The molecule has 1 aromatic carbocycles. The Labute approximate surface area is 137 Å². The van der Waals surface area contributed by atoms with E-state index in [1.807, 2.05) is 13.8 Å². The number of nitrogens with zero attached hydrogens (tertiary/aromatic N) is 1. The molecule has 5 heteroatoms. The Morgan fingerprint density at radius 2 is 1.78 bits per heavy atom. The van der Waals surface area contributed by atoms with Gasteiger partial charge in [-0.05, 0) is 43.0 Å². The third-order valence-corrected chi connectivity index (χ3v) is 4.82. The number of carbonyl (C=O) groups excluding carboxylic acids is 1. The molecular formula is C18H25NO4. The highest BCUT2D eigenvalue weighted by Crippen LogP contribution is 2.41. The number of benzene rings is 1. The summed E-state index contributed by atoms with van der Waals surface area (Å²) >= 11 is 0. The average molecular weight is 319 g/mol. The molecule has 1 aromatic rings. The third kappa shape index (κ3) is 4.03. The van der Waals surface area contributed by atoms with Gasteiger partial charge in [0.1, 0.15) is 5.75 Å². The minimum Gasteiger partial charge on any atom is -0.482 e. The number of carboxylic acids is 1. The molecule has 1 saturated carbocycles. The van der Waals surface area contributed by atoms with E-state index in [2.05, 4.69) is 0 Å². The molecule has 0 spiro atoms. The lowest BCUT2D eigenvalue weighted by Gasteiger charge is -2.34. The van der Waals surface area contributed by atoms with Crippen LogP contribution in [0.25, 0.3) is 0 Å². The molecule has 1 aliphatic rings. The van der Waals surface area contributed by atoms with Gasteiger partial charge in [0, 0.05) is 18.2 Å². The zero-order valence-corrected chi connectivity index (χ0v) is 14.0. The van der Waals surface area contributed by atoms with Crippen LogP contribution >= 0.6 is 0 Å². The molecule has 0 aromatic heterocycles. The minimum atomic E-state index is -1.01. The van der Waals surface area contributed by atoms with Crippen molar-refractivity contribution >= 4 is 17.6 Å². The monoisotopic (exact) mass is 319 g/mol. The Morgan fingerprint density at radius 1 is 1.22 bits per heavy atom. The second-order valence-electron chi connectivity index (χ2n) is 6.74. The number of rotatable bonds is 6. The molecule has 0 saturated heterocycles. The summed E-state index contributed by atoms with van der Waals surface area (Å²) in [5.74, 6) is 0.0194. The largest absolute Gasteiger partial charge is 0.482 e. The quantitative estimate of drug-likeness (QED) is 0.873. The fourth-order valence-corrected chi connectivity index (χ4v) is 3.28. The van der Waals surface area contributed by atoms with Crippen molar-refractivity contribution < 1.29 is 19.4 Å². The summed E-state index contributed by atoms with van der Waals surface area (Å²) in [6.07, 6.45) is 4.66. The van der Waals surface area contributed by atoms with Crippen molar-refractivity contribution in [2.45, 2.75) is 39.5 Å². The molecule has 5 nitrogen and oxygen atoms in total. The van der Waals surface area contributed by atoms with Crippen molar-refractivity contribution in [1.29, 1.82) is 0 Å². The van der Waals surface area contributed by atoms with Gasteiger partial charge >= 0.3 is 5.97 Å². The Hall–Kier alpha value is -2.04. The second-order valence-corrected chi connectivity index (χ2v) is 6.74. The molecule has 23 heavy (non-hydrogen) atoms. The first-order valence-electron chi connectivity index (χ1n) is 8.05. The molecule has 0 heterocycles. The topological polar surface area (TPSA) is 66.8 Å². The maximum atomic E-state index is 12.9. The van der Waals surface area contributed by atoms with Gasteiger partial charge in [-0.25, -0.2) is 4.79 Å². The predicted octanol–water partition coefficient (Wildman–Crippen LogP) is 3.33. The first kappa shape index (κ1) is 17.3. The van der Waals surface area contributed by atoms with Crippen molar-refractivity contribution in [3.05, 3.63) is 24.3 Å². The van der Waals surface area contributed by atoms with E-state index in [0.717, 1.165) is 18.5 Å². The van der Waals surface area contributed by atoms with Crippen molar-refractivity contribution in [3.8, 4) is 5.75 Å². The summed E-state index contributed by atoms with van der Waals surface area (Å²) in [5.41, 5.74) is 0.410. The minimum absolute atomic E-state index is 0.114. The molecule has 0 radical (unpaired) electrons. The standard InChI is InChI=1S/C18H25NO4/c1-18(2,13-6-4-5-7-13)17(22)19(3)14-8-10-15(11-9-14)23-12-16(20)21/h8-11,13H,4-7,12H2,1-3H3,(H,20,21). The van der Waals surface area contributed by atoms with Crippen LogP contribution < -0.4 is 9.64 Å². The van der Waals surface area contributed by atoms with Gasteiger partial charge in [-0.3, -0.25) is 4.79 Å². The molecule has 1 amide bonds. The summed E-state index contributed by atoms with van der Waals surface area (Å²) < 4.78 is 5.11. The van der Waals surface area contributed by atoms with Crippen LogP contribution in [0.2, 0.25) is 0 Å². The van der Waals surface area contributed by atoms with Crippen LogP contribution in [0.4, 0.5) is 5.69 Å². The van der Waals surface area contributed by atoms with Crippen molar-refractivity contribution in [3.63, 3.8) is 0 Å². The normalized spacial score (nSPS) is 15.4. The molecule has 0 atom stereocenters. The highest BCUT2D eigenvalue weighted by atomic mass is 16.5. The third-order valence-electron chi connectivity index (χ3n) is 4.82. The van der Waals surface area contributed by atoms with Crippen LogP contribution in [0.15, 0.2) is 24.3 Å². The van der Waals surface area contributed by atoms with E-state index < -0.39 is 5.97 Å². The second kappa shape index (κ2) is 7.02. The van der Waals surface area contributed by atoms with Gasteiger partial charge in [-0.1, -0.05) is 26.7 Å². The first-order chi connectivity index (χ1) is 10.8. The SMILES string of the molecule is CN(C(=O)C(C)(C)C1CCCC1)c1ccc(OCC(=O)O)cc1. The molecule has 1 aliphatic carbocycles. The van der Waals surface area contributed by atoms with Crippen molar-refractivity contribution in [2.75, 3.05) is 18.6 Å². The van der Waals surface area contributed by atoms with Gasteiger partial charge in [0.2, 0.25) is 5.91 Å². The zero-order chi connectivity index (χ0) is 17.0. The van der Waals surface area contributed by atoms with E-state index >= 15 is 0 Å². The molecule has 0 bridgehead atoms. The van der Waals surface area contributed by atoms with E-state index in [4.69, 9.17) is 9.84 Å². The van der Waals surface area contributed by atoms with Crippen molar-refractivity contribution in [2.24, 2.45) is 11.3 Å². The zero-order valence-electron chi connectivity index (χ0n) is 14.0. The molecular weight excluding hydrogens is 294 g/mol. The van der Waals surface area contributed by atoms with Crippen LogP contribution in [0, 0.1) is 11.3 Å². The smallest absolute Gasteiger partial charge is 0.341 e. The molecule has 1 N–H and O–H groups in total. The van der Waals surface area contributed by atoms with Crippen LogP contribution in [0.5, 0.6) is 5.75 Å². The van der Waals surface area contributed by atoms with Gasteiger partial charge in [0.05, 0.1) is 0 Å². The van der Waals surface area contributed by atoms with E-state index in [-0.39, 0.29) is 17.9 Å². The number of hydrogen-bond donors (Lipinski definition) is 1. The average Bonchev–Trinajstić information content (AvgIpc) is 3.07. The fraction of sp³-hybridized carbons (Fsp3) is 0.556. The van der Waals surface area contributed by atoms with Crippen LogP contribution in [-0.4, -0.2) is 30.6 Å². The number of ether oxygens (including phenoxy) is 1. The molecule has 126 valence electrons. The van der Waals surface area contributed by atoms with Crippen LogP contribution in [0.1, 0.15) is 39.5 Å². The summed E-state index contributed by atoms with van der Waals surface area (Å²) in [4.78, 5) is 25.0. The Kier molecular flexibility index (Phi) is 5.29. The Morgan fingerprint density at radius 3 is 2.30 bits per heavy atom. The number of carbonyl (C=O) groups is 2. The lowest BCUT2D eigenvalue weighted by Crippen LogP contribution is -2.42. The predicted molar refractivity (Wildman–Crippen MR) is 88.7 cm³/mol. The summed E-state index contributed by atoms with van der Waals surface area (Å²) in [6, 6.07) is 6.93. The summed E-state index contributed by atoms with van der Waals surface area (Å²) in [5, 5.41) is 8.61. The number of amides is 1. The van der Waals surface area contributed by atoms with Gasteiger partial charge < -0.3 is 14.7 Å². The number of hydrogen-bond acceptors (Lipinski definition) is 3. The van der Waals surface area contributed by atoms with Crippen LogP contribution in [0.3, 0.4) is 0 Å². The van der Waals surface area contributed by atoms with Crippen LogP contribution in [-0.2, 0) is 9.59 Å². The molecule has 1 fully saturated rings. The van der Waals surface area contributed by atoms with Gasteiger partial charge in [0.25, 0.3) is 0 Å².